The van der Waals surface area contributed by atoms with Crippen LogP contribution in [0.25, 0.3) is 12.2 Å². The predicted octanol–water partition coefficient (Wildman–Crippen LogP) is 2.95. The van der Waals surface area contributed by atoms with E-state index in [4.69, 9.17) is 11.6 Å². The first-order chi connectivity index (χ1) is 11.0. The summed E-state index contributed by atoms with van der Waals surface area (Å²) in [6.45, 7) is 2.00. The number of aromatic nitrogens is 1. The molecule has 0 bridgehead atoms. The molecule has 0 aliphatic carbocycles. The summed E-state index contributed by atoms with van der Waals surface area (Å²) in [7, 11) is 0. The van der Waals surface area contributed by atoms with Crippen LogP contribution in [-0.2, 0) is 0 Å². The van der Waals surface area contributed by atoms with Crippen LogP contribution in [0.15, 0.2) is 40.5 Å². The van der Waals surface area contributed by atoms with Crippen LogP contribution in [0.1, 0.15) is 20.8 Å². The largest absolute Gasteiger partial charge is 0.313 e. The van der Waals surface area contributed by atoms with E-state index in [9.17, 15) is 9.59 Å². The van der Waals surface area contributed by atoms with Gasteiger partial charge in [0.25, 0.3) is 5.56 Å². The molecule has 0 amide bonds. The minimum atomic E-state index is -0.182. The number of thiazole rings is 1. The summed E-state index contributed by atoms with van der Waals surface area (Å²) in [6, 6.07) is 8.66. The average Bonchev–Trinajstić information content (AvgIpc) is 3.07. The smallest absolute Gasteiger partial charge is 0.266 e. The molecule has 0 saturated carbocycles. The van der Waals surface area contributed by atoms with Gasteiger partial charge in [-0.25, -0.2) is 0 Å². The maximum Gasteiger partial charge on any atom is 0.266 e. The number of aromatic amines is 1. The summed E-state index contributed by atoms with van der Waals surface area (Å²) in [4.78, 5) is 28.0. The Morgan fingerprint density at radius 3 is 2.61 bits per heavy atom. The first-order valence-corrected chi connectivity index (χ1v) is 8.87. The molecule has 0 atom stereocenters. The van der Waals surface area contributed by atoms with Crippen molar-refractivity contribution in [1.82, 2.24) is 4.98 Å². The Balaban J connectivity index is 1.99. The van der Waals surface area contributed by atoms with Crippen LogP contribution in [0.2, 0.25) is 5.02 Å². The van der Waals surface area contributed by atoms with E-state index in [1.807, 2.05) is 24.4 Å². The molecule has 2 heterocycles. The molecule has 3 nitrogen and oxygen atoms in total. The molecule has 1 N–H and O–H groups in total. The molecule has 0 aliphatic heterocycles. The van der Waals surface area contributed by atoms with Crippen LogP contribution in [0.3, 0.4) is 0 Å². The second-order valence-electron chi connectivity index (χ2n) is 4.91. The number of H-pyrrole nitrogens is 1. The number of aryl methyl sites for hydroxylation is 1. The third-order valence-electron chi connectivity index (χ3n) is 3.24. The van der Waals surface area contributed by atoms with Gasteiger partial charge in [-0.05, 0) is 54.3 Å². The van der Waals surface area contributed by atoms with Crippen molar-refractivity contribution < 1.29 is 4.79 Å². The molecule has 6 heteroatoms. The SMILES string of the molecule is Cc1ccsc1/C=c1\s/c(=C\C(=O)c2ccc(Cl)cc2)[nH]c1=O. The zero-order valence-electron chi connectivity index (χ0n) is 12.1. The fourth-order valence-electron chi connectivity index (χ4n) is 1.99. The van der Waals surface area contributed by atoms with E-state index in [2.05, 4.69) is 4.98 Å². The van der Waals surface area contributed by atoms with Gasteiger partial charge in [0.05, 0.1) is 9.20 Å². The van der Waals surface area contributed by atoms with Gasteiger partial charge < -0.3 is 4.98 Å². The number of benzene rings is 1. The molecule has 0 fully saturated rings. The minimum Gasteiger partial charge on any atom is -0.313 e. The third kappa shape index (κ3) is 3.69. The van der Waals surface area contributed by atoms with E-state index in [1.165, 1.54) is 17.4 Å². The van der Waals surface area contributed by atoms with Crippen LogP contribution < -0.4 is 14.8 Å². The van der Waals surface area contributed by atoms with Gasteiger partial charge in [0.2, 0.25) is 0 Å². The molecule has 3 aromatic rings. The van der Waals surface area contributed by atoms with Crippen molar-refractivity contribution in [2.75, 3.05) is 0 Å². The van der Waals surface area contributed by atoms with Gasteiger partial charge in [-0.15, -0.1) is 22.7 Å². The number of rotatable bonds is 3. The van der Waals surface area contributed by atoms with Gasteiger partial charge in [-0.1, -0.05) is 11.6 Å². The number of ketones is 1. The Labute approximate surface area is 145 Å². The number of hydrogen-bond donors (Lipinski definition) is 1. The number of Topliss-reactive ketones (excluding diaryl/α,β-unsaturated/α-hetero) is 1. The van der Waals surface area contributed by atoms with Gasteiger partial charge >= 0.3 is 0 Å². The van der Waals surface area contributed by atoms with Crippen LogP contribution in [0.4, 0.5) is 0 Å². The number of carbonyl (C=O) groups excluding carboxylic acids is 1. The molecule has 116 valence electrons. The van der Waals surface area contributed by atoms with Crippen LogP contribution in [0, 0.1) is 6.92 Å². The summed E-state index contributed by atoms with van der Waals surface area (Å²) in [5.74, 6) is -0.168. The molecular weight excluding hydrogens is 350 g/mol. The first kappa shape index (κ1) is 15.9. The third-order valence-corrected chi connectivity index (χ3v) is 5.42. The summed E-state index contributed by atoms with van der Waals surface area (Å²) >= 11 is 8.67. The zero-order chi connectivity index (χ0) is 16.4. The lowest BCUT2D eigenvalue weighted by atomic mass is 10.1. The Morgan fingerprint density at radius 1 is 1.22 bits per heavy atom. The molecule has 23 heavy (non-hydrogen) atoms. The Hall–Kier alpha value is -1.95. The molecular formula is C17H12ClNO2S2. The maximum absolute atomic E-state index is 12.2. The zero-order valence-corrected chi connectivity index (χ0v) is 14.5. The molecule has 0 spiro atoms. The monoisotopic (exact) mass is 361 g/mol. The lowest BCUT2D eigenvalue weighted by Crippen LogP contribution is -2.19. The second kappa shape index (κ2) is 6.66. The lowest BCUT2D eigenvalue weighted by Gasteiger charge is -1.94. The van der Waals surface area contributed by atoms with E-state index < -0.39 is 0 Å². The highest BCUT2D eigenvalue weighted by Gasteiger charge is 2.04. The highest BCUT2D eigenvalue weighted by Crippen LogP contribution is 2.15. The topological polar surface area (TPSA) is 49.9 Å². The van der Waals surface area contributed by atoms with Crippen molar-refractivity contribution in [3.63, 3.8) is 0 Å². The van der Waals surface area contributed by atoms with Crippen LogP contribution in [0.5, 0.6) is 0 Å². The van der Waals surface area contributed by atoms with Crippen LogP contribution in [-0.4, -0.2) is 10.8 Å². The fourth-order valence-corrected chi connectivity index (χ4v) is 3.92. The molecule has 0 unspecified atom stereocenters. The second-order valence-corrected chi connectivity index (χ2v) is 7.38. The standard InChI is InChI=1S/C17H12ClNO2S2/c1-10-6-7-22-14(10)9-15-17(21)19-16(23-15)8-13(20)11-2-4-12(18)5-3-11/h2-9H,1H3,(H,19,21)/b15-9-,16-8-. The molecule has 0 saturated heterocycles. The number of halogens is 1. The summed E-state index contributed by atoms with van der Waals surface area (Å²) in [5.41, 5.74) is 1.48. The van der Waals surface area contributed by atoms with Gasteiger partial charge in [0.15, 0.2) is 5.78 Å². The molecule has 3 rings (SSSR count). The number of carbonyl (C=O) groups is 1. The molecule has 2 aromatic heterocycles. The van der Waals surface area contributed by atoms with Crippen molar-refractivity contribution in [2.45, 2.75) is 6.92 Å². The van der Waals surface area contributed by atoms with Gasteiger partial charge in [0.1, 0.15) is 0 Å². The first-order valence-electron chi connectivity index (χ1n) is 6.79. The van der Waals surface area contributed by atoms with Crippen molar-refractivity contribution in [1.29, 1.82) is 0 Å². The van der Waals surface area contributed by atoms with E-state index in [1.54, 1.807) is 35.6 Å². The number of thiophene rings is 1. The lowest BCUT2D eigenvalue weighted by molar-refractivity contribution is 0.106. The molecule has 0 aliphatic rings. The van der Waals surface area contributed by atoms with Crippen LogP contribution >= 0.6 is 34.3 Å². The highest BCUT2D eigenvalue weighted by molar-refractivity contribution is 7.11. The minimum absolute atomic E-state index is 0.168. The number of nitrogens with one attached hydrogen (secondary N) is 1. The van der Waals surface area contributed by atoms with Crippen molar-refractivity contribution in [3.8, 4) is 0 Å². The summed E-state index contributed by atoms with van der Waals surface area (Å²) in [5, 5.41) is 2.56. The van der Waals surface area contributed by atoms with Gasteiger partial charge in [0, 0.05) is 21.5 Å². The number of hydrogen-bond acceptors (Lipinski definition) is 4. The quantitative estimate of drug-likeness (QED) is 0.729. The Bertz CT molecular complexity index is 1030. The summed E-state index contributed by atoms with van der Waals surface area (Å²) < 4.78 is 1.13. The fraction of sp³-hybridized carbons (Fsp3) is 0.0588. The molecule has 1 aromatic carbocycles. The maximum atomic E-state index is 12.2. The average molecular weight is 362 g/mol. The Morgan fingerprint density at radius 2 is 1.96 bits per heavy atom. The molecule has 0 radical (unpaired) electrons. The van der Waals surface area contributed by atoms with Gasteiger partial charge in [-0.3, -0.25) is 9.59 Å². The highest BCUT2D eigenvalue weighted by atomic mass is 35.5. The summed E-state index contributed by atoms with van der Waals surface area (Å²) in [6.07, 6.45) is 3.29. The van der Waals surface area contributed by atoms with E-state index in [-0.39, 0.29) is 11.3 Å². The van der Waals surface area contributed by atoms with E-state index in [0.717, 1.165) is 10.4 Å². The van der Waals surface area contributed by atoms with Crippen molar-refractivity contribution >= 4 is 52.2 Å². The van der Waals surface area contributed by atoms with Crippen molar-refractivity contribution in [3.05, 3.63) is 76.3 Å². The Kier molecular flexibility index (Phi) is 4.61. The predicted molar refractivity (Wildman–Crippen MR) is 97.1 cm³/mol. The van der Waals surface area contributed by atoms with Gasteiger partial charge in [-0.2, -0.15) is 0 Å². The van der Waals surface area contributed by atoms with Crippen molar-refractivity contribution in [2.24, 2.45) is 0 Å². The normalized spacial score (nSPS) is 12.8. The van der Waals surface area contributed by atoms with E-state index in [0.29, 0.717) is 19.8 Å². The van der Waals surface area contributed by atoms with E-state index >= 15 is 0 Å².